The van der Waals surface area contributed by atoms with E-state index >= 15 is 0 Å². The highest BCUT2D eigenvalue weighted by molar-refractivity contribution is 5.96. The molecule has 0 atom stereocenters. The molecular formula is C23H20O3. The third-order valence-electron chi connectivity index (χ3n) is 4.26. The van der Waals surface area contributed by atoms with Gasteiger partial charge in [0.25, 0.3) is 0 Å². The summed E-state index contributed by atoms with van der Waals surface area (Å²) in [6.45, 7) is 1.83. The second kappa shape index (κ2) is 7.70. The lowest BCUT2D eigenvalue weighted by molar-refractivity contribution is 0.0696. The molecule has 26 heavy (non-hydrogen) atoms. The van der Waals surface area contributed by atoms with Crippen LogP contribution in [0.15, 0.2) is 66.7 Å². The van der Waals surface area contributed by atoms with Crippen molar-refractivity contribution in [3.05, 3.63) is 89.0 Å². The Labute approximate surface area is 153 Å². The van der Waals surface area contributed by atoms with Gasteiger partial charge in [0, 0.05) is 0 Å². The number of carboxylic acid groups (broad SMARTS) is 1. The van der Waals surface area contributed by atoms with Crippen LogP contribution in [0.4, 0.5) is 0 Å². The van der Waals surface area contributed by atoms with Crippen LogP contribution in [0.2, 0.25) is 0 Å². The average molecular weight is 344 g/mol. The normalized spacial score (nSPS) is 10.8. The number of ether oxygens (including phenoxy) is 1. The fourth-order valence-electron chi connectivity index (χ4n) is 2.94. The van der Waals surface area contributed by atoms with Crippen molar-refractivity contribution < 1.29 is 14.6 Å². The summed E-state index contributed by atoms with van der Waals surface area (Å²) in [5.74, 6) is -0.131. The van der Waals surface area contributed by atoms with Crippen LogP contribution in [0.25, 0.3) is 23.3 Å². The summed E-state index contributed by atoms with van der Waals surface area (Å²) in [4.78, 5) is 11.7. The summed E-state index contributed by atoms with van der Waals surface area (Å²) in [6, 6.07) is 21.4. The van der Waals surface area contributed by atoms with Crippen LogP contribution in [0, 0.1) is 6.92 Å². The number of rotatable bonds is 5. The molecule has 0 spiro atoms. The Kier molecular flexibility index (Phi) is 5.18. The topological polar surface area (TPSA) is 46.5 Å². The summed E-state index contributed by atoms with van der Waals surface area (Å²) >= 11 is 0. The Bertz CT molecular complexity index is 939. The summed E-state index contributed by atoms with van der Waals surface area (Å²) in [5, 5.41) is 9.62. The molecule has 0 saturated carbocycles. The number of methoxy groups -OCH3 is 1. The van der Waals surface area contributed by atoms with E-state index in [0.717, 1.165) is 28.0 Å². The molecule has 3 nitrogen and oxygen atoms in total. The van der Waals surface area contributed by atoms with E-state index in [-0.39, 0.29) is 0 Å². The van der Waals surface area contributed by atoms with E-state index in [1.165, 1.54) is 0 Å². The van der Waals surface area contributed by atoms with Gasteiger partial charge in [0.05, 0.1) is 12.7 Å². The highest BCUT2D eigenvalue weighted by Crippen LogP contribution is 2.28. The maximum Gasteiger partial charge on any atom is 0.336 e. The first-order valence-corrected chi connectivity index (χ1v) is 8.34. The van der Waals surface area contributed by atoms with Crippen molar-refractivity contribution in [2.45, 2.75) is 6.92 Å². The van der Waals surface area contributed by atoms with Gasteiger partial charge in [-0.2, -0.15) is 0 Å². The predicted molar refractivity (Wildman–Crippen MR) is 105 cm³/mol. The van der Waals surface area contributed by atoms with E-state index < -0.39 is 5.97 Å². The van der Waals surface area contributed by atoms with Gasteiger partial charge < -0.3 is 9.84 Å². The molecule has 3 heteroatoms. The smallest absolute Gasteiger partial charge is 0.336 e. The summed E-state index contributed by atoms with van der Waals surface area (Å²) in [7, 11) is 1.63. The average Bonchev–Trinajstić information content (AvgIpc) is 2.66. The van der Waals surface area contributed by atoms with Gasteiger partial charge in [-0.1, -0.05) is 60.7 Å². The molecule has 0 aliphatic heterocycles. The van der Waals surface area contributed by atoms with E-state index in [2.05, 4.69) is 0 Å². The van der Waals surface area contributed by atoms with Gasteiger partial charge in [-0.05, 0) is 52.9 Å². The second-order valence-corrected chi connectivity index (χ2v) is 6.04. The number of benzene rings is 3. The van der Waals surface area contributed by atoms with Crippen molar-refractivity contribution in [2.24, 2.45) is 0 Å². The van der Waals surface area contributed by atoms with Crippen LogP contribution in [-0.4, -0.2) is 18.2 Å². The zero-order chi connectivity index (χ0) is 18.5. The van der Waals surface area contributed by atoms with Gasteiger partial charge in [0.1, 0.15) is 5.75 Å². The van der Waals surface area contributed by atoms with Gasteiger partial charge in [-0.15, -0.1) is 0 Å². The van der Waals surface area contributed by atoms with Gasteiger partial charge in [0.2, 0.25) is 0 Å². The molecule has 0 saturated heterocycles. The third kappa shape index (κ3) is 3.83. The number of aryl methyl sites for hydroxylation is 1. The van der Waals surface area contributed by atoms with Crippen molar-refractivity contribution in [3.63, 3.8) is 0 Å². The Balaban J connectivity index is 2.06. The SMILES string of the molecule is COc1ccc(-c2cc(C)c(C(=O)O)c(/C=C/c3ccccc3)c2)cc1. The first-order chi connectivity index (χ1) is 12.6. The van der Waals surface area contributed by atoms with E-state index in [0.29, 0.717) is 11.1 Å². The van der Waals surface area contributed by atoms with Crippen LogP contribution in [0.5, 0.6) is 5.75 Å². The van der Waals surface area contributed by atoms with E-state index in [1.54, 1.807) is 7.11 Å². The molecule has 3 rings (SSSR count). The third-order valence-corrected chi connectivity index (χ3v) is 4.26. The van der Waals surface area contributed by atoms with Crippen LogP contribution < -0.4 is 4.74 Å². The molecule has 0 aromatic heterocycles. The Morgan fingerprint density at radius 2 is 1.62 bits per heavy atom. The molecule has 0 aliphatic rings. The number of hydrogen-bond donors (Lipinski definition) is 1. The van der Waals surface area contributed by atoms with E-state index in [9.17, 15) is 9.90 Å². The van der Waals surface area contributed by atoms with Crippen molar-refractivity contribution in [2.75, 3.05) is 7.11 Å². The fraction of sp³-hybridized carbons (Fsp3) is 0.0870. The highest BCUT2D eigenvalue weighted by atomic mass is 16.5. The summed E-state index contributed by atoms with van der Waals surface area (Å²) in [5.41, 5.74) is 4.76. The fourth-order valence-corrected chi connectivity index (χ4v) is 2.94. The Hall–Kier alpha value is -3.33. The molecule has 0 bridgehead atoms. The van der Waals surface area contributed by atoms with Crippen molar-refractivity contribution in [1.82, 2.24) is 0 Å². The summed E-state index contributed by atoms with van der Waals surface area (Å²) in [6.07, 6.45) is 3.79. The lowest BCUT2D eigenvalue weighted by Gasteiger charge is -2.11. The number of carbonyl (C=O) groups is 1. The highest BCUT2D eigenvalue weighted by Gasteiger charge is 2.14. The quantitative estimate of drug-likeness (QED) is 0.618. The predicted octanol–water partition coefficient (Wildman–Crippen LogP) is 5.54. The minimum absolute atomic E-state index is 0.328. The maximum absolute atomic E-state index is 11.7. The van der Waals surface area contributed by atoms with E-state index in [4.69, 9.17) is 4.74 Å². The van der Waals surface area contributed by atoms with Crippen molar-refractivity contribution >= 4 is 18.1 Å². The molecule has 3 aromatic carbocycles. The maximum atomic E-state index is 11.7. The molecule has 0 aliphatic carbocycles. The Morgan fingerprint density at radius 1 is 0.923 bits per heavy atom. The monoisotopic (exact) mass is 344 g/mol. The minimum Gasteiger partial charge on any atom is -0.497 e. The molecule has 0 heterocycles. The lowest BCUT2D eigenvalue weighted by Crippen LogP contribution is -2.03. The van der Waals surface area contributed by atoms with Crippen LogP contribution in [0.1, 0.15) is 27.0 Å². The largest absolute Gasteiger partial charge is 0.497 e. The molecule has 130 valence electrons. The first-order valence-electron chi connectivity index (χ1n) is 8.34. The number of aromatic carboxylic acids is 1. The van der Waals surface area contributed by atoms with Gasteiger partial charge >= 0.3 is 5.97 Å². The zero-order valence-electron chi connectivity index (χ0n) is 14.8. The summed E-state index contributed by atoms with van der Waals surface area (Å²) < 4.78 is 5.20. The molecule has 0 unspecified atom stereocenters. The van der Waals surface area contributed by atoms with Gasteiger partial charge in [-0.3, -0.25) is 0 Å². The number of hydrogen-bond acceptors (Lipinski definition) is 2. The standard InChI is InChI=1S/C23H20O3/c1-16-14-20(18-10-12-21(26-2)13-11-18)15-19(22(16)23(24)25)9-8-17-6-4-3-5-7-17/h3-15H,1-2H3,(H,24,25)/b9-8+. The first kappa shape index (κ1) is 17.5. The molecule has 1 N–H and O–H groups in total. The van der Waals surface area contributed by atoms with E-state index in [1.807, 2.05) is 85.8 Å². The molecule has 0 radical (unpaired) electrons. The minimum atomic E-state index is -0.920. The Morgan fingerprint density at radius 3 is 2.23 bits per heavy atom. The van der Waals surface area contributed by atoms with Gasteiger partial charge in [0.15, 0.2) is 0 Å². The molecule has 3 aromatic rings. The molecule has 0 amide bonds. The zero-order valence-corrected chi connectivity index (χ0v) is 14.8. The van der Waals surface area contributed by atoms with Crippen molar-refractivity contribution in [1.29, 1.82) is 0 Å². The molecular weight excluding hydrogens is 324 g/mol. The second-order valence-electron chi connectivity index (χ2n) is 6.04. The number of carboxylic acids is 1. The van der Waals surface area contributed by atoms with Crippen LogP contribution in [-0.2, 0) is 0 Å². The molecule has 0 fully saturated rings. The van der Waals surface area contributed by atoms with Gasteiger partial charge in [-0.25, -0.2) is 4.79 Å². The lowest BCUT2D eigenvalue weighted by atomic mass is 9.94. The van der Waals surface area contributed by atoms with Crippen molar-refractivity contribution in [3.8, 4) is 16.9 Å². The van der Waals surface area contributed by atoms with Crippen LogP contribution in [0.3, 0.4) is 0 Å². The van der Waals surface area contributed by atoms with Crippen LogP contribution >= 0.6 is 0 Å².